The Morgan fingerprint density at radius 3 is 2.83 bits per heavy atom. The molecule has 0 saturated carbocycles. The number of halogens is 1. The summed E-state index contributed by atoms with van der Waals surface area (Å²) >= 11 is 5.95. The number of hydrogen-bond acceptors (Lipinski definition) is 5. The summed E-state index contributed by atoms with van der Waals surface area (Å²) in [6.07, 6.45) is 0.881. The number of aromatic nitrogens is 2. The molecule has 0 bridgehead atoms. The third-order valence-electron chi connectivity index (χ3n) is 3.85. The first-order chi connectivity index (χ1) is 11.1. The van der Waals surface area contributed by atoms with Gasteiger partial charge < -0.3 is 9.26 Å². The summed E-state index contributed by atoms with van der Waals surface area (Å²) in [6, 6.07) is 7.84. The molecule has 0 amide bonds. The lowest BCUT2D eigenvalue weighted by atomic mass is 10.1. The Labute approximate surface area is 141 Å². The largest absolute Gasteiger partial charge is 0.371 e. The van der Waals surface area contributed by atoms with Crippen molar-refractivity contribution < 1.29 is 9.26 Å². The molecular weight excluding hydrogens is 314 g/mol. The van der Waals surface area contributed by atoms with E-state index in [1.54, 1.807) is 0 Å². The zero-order valence-electron chi connectivity index (χ0n) is 13.5. The van der Waals surface area contributed by atoms with Gasteiger partial charge in [-0.15, -0.1) is 0 Å². The molecule has 1 atom stereocenters. The van der Waals surface area contributed by atoms with Gasteiger partial charge >= 0.3 is 0 Å². The Morgan fingerprint density at radius 2 is 2.09 bits per heavy atom. The van der Waals surface area contributed by atoms with Gasteiger partial charge in [-0.1, -0.05) is 42.7 Å². The van der Waals surface area contributed by atoms with Gasteiger partial charge in [-0.25, -0.2) is 0 Å². The maximum Gasteiger partial charge on any atom is 0.226 e. The van der Waals surface area contributed by atoms with Gasteiger partial charge in [0.15, 0.2) is 5.82 Å². The minimum absolute atomic E-state index is 0.0584. The molecule has 1 fully saturated rings. The van der Waals surface area contributed by atoms with E-state index >= 15 is 0 Å². The van der Waals surface area contributed by atoms with Crippen LogP contribution in [0.3, 0.4) is 0 Å². The third-order valence-corrected chi connectivity index (χ3v) is 4.10. The van der Waals surface area contributed by atoms with Gasteiger partial charge in [-0.3, -0.25) is 4.90 Å². The van der Waals surface area contributed by atoms with Crippen molar-refractivity contribution in [2.75, 3.05) is 19.7 Å². The quantitative estimate of drug-likeness (QED) is 0.837. The van der Waals surface area contributed by atoms with Crippen LogP contribution in [0.1, 0.15) is 37.2 Å². The molecule has 1 aromatic carbocycles. The number of hydrogen-bond donors (Lipinski definition) is 0. The van der Waals surface area contributed by atoms with E-state index in [2.05, 4.69) is 28.9 Å². The van der Waals surface area contributed by atoms with Crippen LogP contribution in [-0.2, 0) is 17.7 Å². The highest BCUT2D eigenvalue weighted by Gasteiger charge is 2.23. The molecule has 1 aliphatic heterocycles. The van der Waals surface area contributed by atoms with Crippen LogP contribution in [0.15, 0.2) is 28.8 Å². The first-order valence-corrected chi connectivity index (χ1v) is 8.39. The number of rotatable bonds is 5. The summed E-state index contributed by atoms with van der Waals surface area (Å²) in [5, 5.41) is 4.83. The zero-order valence-corrected chi connectivity index (χ0v) is 14.3. The van der Waals surface area contributed by atoms with Crippen LogP contribution in [0.5, 0.6) is 0 Å². The van der Waals surface area contributed by atoms with Crippen molar-refractivity contribution in [2.24, 2.45) is 5.92 Å². The number of ether oxygens (including phenoxy) is 1. The Balaban J connectivity index is 1.60. The topological polar surface area (TPSA) is 51.4 Å². The summed E-state index contributed by atoms with van der Waals surface area (Å²) in [7, 11) is 0. The minimum atomic E-state index is 0.0584. The van der Waals surface area contributed by atoms with Crippen molar-refractivity contribution in [3.8, 4) is 0 Å². The molecule has 0 spiro atoms. The minimum Gasteiger partial charge on any atom is -0.371 e. The van der Waals surface area contributed by atoms with Crippen LogP contribution >= 0.6 is 11.6 Å². The van der Waals surface area contributed by atoms with Crippen LogP contribution in [0.2, 0.25) is 5.02 Å². The molecular formula is C17H22ClN3O2. The summed E-state index contributed by atoms with van der Waals surface area (Å²) in [5.41, 5.74) is 1.15. The van der Waals surface area contributed by atoms with E-state index in [-0.39, 0.29) is 6.10 Å². The van der Waals surface area contributed by atoms with Gasteiger partial charge in [0.25, 0.3) is 0 Å². The van der Waals surface area contributed by atoms with Crippen LogP contribution in [0.25, 0.3) is 0 Å². The number of nitrogens with zero attached hydrogens (tertiary/aromatic N) is 3. The van der Waals surface area contributed by atoms with Crippen LogP contribution < -0.4 is 0 Å². The Hall–Kier alpha value is -1.43. The average Bonchev–Trinajstić information content (AvgIpc) is 2.94. The Bertz CT molecular complexity index is 627. The van der Waals surface area contributed by atoms with Crippen molar-refractivity contribution in [1.29, 1.82) is 0 Å². The second kappa shape index (κ2) is 7.43. The van der Waals surface area contributed by atoms with Gasteiger partial charge in [0, 0.05) is 24.5 Å². The SMILES string of the molecule is CC(C)Cc1nc(CN2CCO[C@H](c3ccc(Cl)cc3)C2)no1. The molecule has 3 rings (SSSR count). The predicted molar refractivity (Wildman–Crippen MR) is 88.3 cm³/mol. The summed E-state index contributed by atoms with van der Waals surface area (Å²) in [4.78, 5) is 6.77. The third kappa shape index (κ3) is 4.53. The van der Waals surface area contributed by atoms with E-state index in [0.29, 0.717) is 19.1 Å². The van der Waals surface area contributed by atoms with Gasteiger partial charge in [-0.05, 0) is 23.6 Å². The van der Waals surface area contributed by atoms with Crippen LogP contribution in [0.4, 0.5) is 0 Å². The van der Waals surface area contributed by atoms with E-state index in [4.69, 9.17) is 20.9 Å². The second-order valence-corrected chi connectivity index (χ2v) is 6.78. The van der Waals surface area contributed by atoms with Gasteiger partial charge in [0.2, 0.25) is 5.89 Å². The molecule has 6 heteroatoms. The number of benzene rings is 1. The first kappa shape index (κ1) is 16.4. The summed E-state index contributed by atoms with van der Waals surface area (Å²) < 4.78 is 11.2. The zero-order chi connectivity index (χ0) is 16.2. The van der Waals surface area contributed by atoms with E-state index < -0.39 is 0 Å². The van der Waals surface area contributed by atoms with Gasteiger partial charge in [-0.2, -0.15) is 4.98 Å². The lowest BCUT2D eigenvalue weighted by molar-refractivity contribution is -0.0338. The van der Waals surface area contributed by atoms with Crippen molar-refractivity contribution in [3.63, 3.8) is 0 Å². The highest BCUT2D eigenvalue weighted by Crippen LogP contribution is 2.24. The van der Waals surface area contributed by atoms with Crippen molar-refractivity contribution >= 4 is 11.6 Å². The van der Waals surface area contributed by atoms with Crippen LogP contribution in [-0.4, -0.2) is 34.7 Å². The second-order valence-electron chi connectivity index (χ2n) is 6.35. The fourth-order valence-corrected chi connectivity index (χ4v) is 2.84. The molecule has 0 radical (unpaired) electrons. The average molecular weight is 336 g/mol. The molecule has 5 nitrogen and oxygen atoms in total. The Kier molecular flexibility index (Phi) is 5.30. The molecule has 0 aliphatic carbocycles. The molecule has 1 saturated heterocycles. The fourth-order valence-electron chi connectivity index (χ4n) is 2.71. The molecule has 23 heavy (non-hydrogen) atoms. The number of morpholine rings is 1. The monoisotopic (exact) mass is 335 g/mol. The molecule has 0 N–H and O–H groups in total. The van der Waals surface area contributed by atoms with Crippen LogP contribution in [0, 0.1) is 5.92 Å². The lowest BCUT2D eigenvalue weighted by Gasteiger charge is -2.32. The van der Waals surface area contributed by atoms with Gasteiger partial charge in [0.1, 0.15) is 0 Å². The predicted octanol–water partition coefficient (Wildman–Crippen LogP) is 3.50. The molecule has 1 aliphatic rings. The summed E-state index contributed by atoms with van der Waals surface area (Å²) in [6.45, 7) is 7.36. The maximum atomic E-state index is 5.95. The van der Waals surface area contributed by atoms with E-state index in [0.717, 1.165) is 41.8 Å². The highest BCUT2D eigenvalue weighted by atomic mass is 35.5. The van der Waals surface area contributed by atoms with Crippen molar-refractivity contribution in [3.05, 3.63) is 46.6 Å². The standard InChI is InChI=1S/C17H22ClN3O2/c1-12(2)9-17-19-16(20-23-17)11-21-7-8-22-15(10-21)13-3-5-14(18)6-4-13/h3-6,12,15H,7-11H2,1-2H3/t15-/m0/s1. The highest BCUT2D eigenvalue weighted by molar-refractivity contribution is 6.30. The van der Waals surface area contributed by atoms with E-state index in [1.807, 2.05) is 24.3 Å². The molecule has 0 unspecified atom stereocenters. The summed E-state index contributed by atoms with van der Waals surface area (Å²) in [5.74, 6) is 1.98. The normalized spacial score (nSPS) is 19.4. The first-order valence-electron chi connectivity index (χ1n) is 8.01. The van der Waals surface area contributed by atoms with Crippen molar-refractivity contribution in [2.45, 2.75) is 32.9 Å². The van der Waals surface area contributed by atoms with Crippen molar-refractivity contribution in [1.82, 2.24) is 15.0 Å². The lowest BCUT2D eigenvalue weighted by Crippen LogP contribution is -2.38. The van der Waals surface area contributed by atoms with Gasteiger partial charge in [0.05, 0.1) is 19.3 Å². The maximum absolute atomic E-state index is 5.95. The van der Waals surface area contributed by atoms with E-state index in [9.17, 15) is 0 Å². The molecule has 2 heterocycles. The fraction of sp³-hybridized carbons (Fsp3) is 0.529. The smallest absolute Gasteiger partial charge is 0.226 e. The molecule has 124 valence electrons. The molecule has 2 aromatic rings. The Morgan fingerprint density at radius 1 is 1.30 bits per heavy atom. The van der Waals surface area contributed by atoms with E-state index in [1.165, 1.54) is 0 Å². The molecule has 1 aromatic heterocycles.